The largest absolute Gasteiger partial charge is 0.327 e. The Morgan fingerprint density at radius 3 is 2.71 bits per heavy atom. The summed E-state index contributed by atoms with van der Waals surface area (Å²) in [5.41, 5.74) is 7.46. The predicted molar refractivity (Wildman–Crippen MR) is 86.5 cm³/mol. The predicted octanol–water partition coefficient (Wildman–Crippen LogP) is 3.97. The van der Waals surface area contributed by atoms with Crippen molar-refractivity contribution in [3.63, 3.8) is 0 Å². The molecule has 2 N–H and O–H groups in total. The van der Waals surface area contributed by atoms with Crippen molar-refractivity contribution in [2.75, 3.05) is 13.6 Å². The van der Waals surface area contributed by atoms with E-state index in [0.29, 0.717) is 11.3 Å². The van der Waals surface area contributed by atoms with Crippen LogP contribution in [0, 0.1) is 17.2 Å². The lowest BCUT2D eigenvalue weighted by atomic mass is 9.70. The van der Waals surface area contributed by atoms with Crippen molar-refractivity contribution < 1.29 is 4.39 Å². The summed E-state index contributed by atoms with van der Waals surface area (Å²) in [4.78, 5) is 2.24. The molecule has 0 aromatic heterocycles. The standard InChI is InChI=1S/C18H29FN2/c1-13(15-7-5-6-8-16(15)19)21(4)12-14-11-18(2,3)10-9-17(14)20/h5-8,13-14,17H,9-12,20H2,1-4H3. The van der Waals surface area contributed by atoms with E-state index in [-0.39, 0.29) is 17.9 Å². The van der Waals surface area contributed by atoms with Crippen LogP contribution < -0.4 is 5.73 Å². The molecule has 1 aliphatic rings. The molecule has 1 aromatic rings. The van der Waals surface area contributed by atoms with Crippen molar-refractivity contribution in [3.05, 3.63) is 35.6 Å². The third-order valence-corrected chi connectivity index (χ3v) is 5.11. The van der Waals surface area contributed by atoms with Gasteiger partial charge in [0.25, 0.3) is 0 Å². The van der Waals surface area contributed by atoms with Gasteiger partial charge in [-0.1, -0.05) is 32.0 Å². The summed E-state index contributed by atoms with van der Waals surface area (Å²) in [5.74, 6) is 0.373. The topological polar surface area (TPSA) is 29.3 Å². The fraction of sp³-hybridized carbons (Fsp3) is 0.667. The number of hydrogen-bond donors (Lipinski definition) is 1. The Morgan fingerprint density at radius 2 is 2.05 bits per heavy atom. The van der Waals surface area contributed by atoms with Crippen molar-refractivity contribution in [1.82, 2.24) is 4.90 Å². The summed E-state index contributed by atoms with van der Waals surface area (Å²) in [6.45, 7) is 7.65. The Balaban J connectivity index is 2.03. The highest BCUT2D eigenvalue weighted by atomic mass is 19.1. The van der Waals surface area contributed by atoms with Crippen LogP contribution >= 0.6 is 0 Å². The van der Waals surface area contributed by atoms with E-state index in [4.69, 9.17) is 5.73 Å². The summed E-state index contributed by atoms with van der Waals surface area (Å²) in [7, 11) is 2.07. The van der Waals surface area contributed by atoms with Crippen LogP contribution in [-0.4, -0.2) is 24.5 Å². The monoisotopic (exact) mass is 292 g/mol. The maximum Gasteiger partial charge on any atom is 0.127 e. The molecule has 3 heteroatoms. The SMILES string of the molecule is CC(c1ccccc1F)N(C)CC1CC(C)(C)CCC1N. The van der Waals surface area contributed by atoms with Crippen molar-refractivity contribution >= 4 is 0 Å². The maximum atomic E-state index is 13.9. The second kappa shape index (κ2) is 6.45. The fourth-order valence-corrected chi connectivity index (χ4v) is 3.54. The molecule has 118 valence electrons. The van der Waals surface area contributed by atoms with E-state index in [9.17, 15) is 4.39 Å². The van der Waals surface area contributed by atoms with Crippen molar-refractivity contribution in [3.8, 4) is 0 Å². The molecule has 0 aliphatic heterocycles. The first-order valence-electron chi connectivity index (χ1n) is 8.00. The molecular weight excluding hydrogens is 263 g/mol. The zero-order valence-electron chi connectivity index (χ0n) is 13.8. The highest BCUT2D eigenvalue weighted by Gasteiger charge is 2.34. The first-order valence-corrected chi connectivity index (χ1v) is 8.00. The summed E-state index contributed by atoms with van der Waals surface area (Å²) in [6, 6.07) is 7.40. The van der Waals surface area contributed by atoms with Crippen LogP contribution in [0.4, 0.5) is 4.39 Å². The van der Waals surface area contributed by atoms with Crippen molar-refractivity contribution in [2.24, 2.45) is 17.1 Å². The van der Waals surface area contributed by atoms with E-state index in [1.807, 2.05) is 12.1 Å². The summed E-state index contributed by atoms with van der Waals surface area (Å²) in [5, 5.41) is 0. The third-order valence-electron chi connectivity index (χ3n) is 5.11. The normalized spacial score (nSPS) is 26.8. The number of halogens is 1. The average molecular weight is 292 g/mol. The molecule has 3 unspecified atom stereocenters. The lowest BCUT2D eigenvalue weighted by molar-refractivity contribution is 0.110. The smallest absolute Gasteiger partial charge is 0.127 e. The molecule has 1 saturated carbocycles. The second-order valence-electron chi connectivity index (χ2n) is 7.47. The molecule has 0 saturated heterocycles. The van der Waals surface area contributed by atoms with Gasteiger partial charge >= 0.3 is 0 Å². The number of rotatable bonds is 4. The van der Waals surface area contributed by atoms with E-state index in [1.54, 1.807) is 6.07 Å². The maximum absolute atomic E-state index is 13.9. The van der Waals surface area contributed by atoms with Gasteiger partial charge in [-0.3, -0.25) is 4.90 Å². The van der Waals surface area contributed by atoms with E-state index in [0.717, 1.165) is 24.9 Å². The molecular formula is C18H29FN2. The Morgan fingerprint density at radius 1 is 1.38 bits per heavy atom. The van der Waals surface area contributed by atoms with Gasteiger partial charge in [0.05, 0.1) is 0 Å². The van der Waals surface area contributed by atoms with E-state index in [1.165, 1.54) is 12.5 Å². The highest BCUT2D eigenvalue weighted by Crippen LogP contribution is 2.39. The van der Waals surface area contributed by atoms with Crippen LogP contribution in [-0.2, 0) is 0 Å². The first-order chi connectivity index (χ1) is 9.80. The van der Waals surface area contributed by atoms with Crippen LogP contribution in [0.5, 0.6) is 0 Å². The number of hydrogen-bond acceptors (Lipinski definition) is 2. The number of benzene rings is 1. The molecule has 1 aliphatic carbocycles. The molecule has 0 amide bonds. The summed E-state index contributed by atoms with van der Waals surface area (Å²) < 4.78 is 13.9. The first kappa shape index (κ1) is 16.4. The molecule has 2 nitrogen and oxygen atoms in total. The minimum atomic E-state index is -0.120. The minimum absolute atomic E-state index is 0.0726. The molecule has 3 atom stereocenters. The van der Waals surface area contributed by atoms with Gasteiger partial charge in [-0.25, -0.2) is 4.39 Å². The molecule has 1 fully saturated rings. The van der Waals surface area contributed by atoms with Crippen LogP contribution in [0.15, 0.2) is 24.3 Å². The lowest BCUT2D eigenvalue weighted by Gasteiger charge is -2.41. The van der Waals surface area contributed by atoms with Crippen LogP contribution in [0.2, 0.25) is 0 Å². The molecule has 0 heterocycles. The molecule has 0 spiro atoms. The Hall–Kier alpha value is -0.930. The van der Waals surface area contributed by atoms with E-state index < -0.39 is 0 Å². The van der Waals surface area contributed by atoms with Gasteiger partial charge < -0.3 is 5.73 Å². The van der Waals surface area contributed by atoms with Gasteiger partial charge in [-0.05, 0) is 50.6 Å². The zero-order valence-corrected chi connectivity index (χ0v) is 13.8. The minimum Gasteiger partial charge on any atom is -0.327 e. The second-order valence-corrected chi connectivity index (χ2v) is 7.47. The Kier molecular flexibility index (Phi) is 5.05. The van der Waals surface area contributed by atoms with Gasteiger partial charge in [0.2, 0.25) is 0 Å². The van der Waals surface area contributed by atoms with Crippen molar-refractivity contribution in [2.45, 2.75) is 52.1 Å². The average Bonchev–Trinajstić information content (AvgIpc) is 2.42. The molecule has 0 bridgehead atoms. The number of nitrogens with zero attached hydrogens (tertiary/aromatic N) is 1. The summed E-state index contributed by atoms with van der Waals surface area (Å²) in [6.07, 6.45) is 3.46. The lowest BCUT2D eigenvalue weighted by Crippen LogP contribution is -2.44. The van der Waals surface area contributed by atoms with Crippen LogP contribution in [0.25, 0.3) is 0 Å². The number of nitrogens with two attached hydrogens (primary N) is 1. The highest BCUT2D eigenvalue weighted by molar-refractivity contribution is 5.20. The van der Waals surface area contributed by atoms with Gasteiger partial charge in [0, 0.05) is 24.2 Å². The third kappa shape index (κ3) is 4.04. The van der Waals surface area contributed by atoms with E-state index in [2.05, 4.69) is 32.7 Å². The Labute approximate surface area is 128 Å². The summed E-state index contributed by atoms with van der Waals surface area (Å²) >= 11 is 0. The Bertz CT molecular complexity index is 472. The quantitative estimate of drug-likeness (QED) is 0.909. The fourth-order valence-electron chi connectivity index (χ4n) is 3.54. The molecule has 1 aromatic carbocycles. The van der Waals surface area contributed by atoms with Gasteiger partial charge in [0.1, 0.15) is 5.82 Å². The van der Waals surface area contributed by atoms with Gasteiger partial charge in [-0.2, -0.15) is 0 Å². The van der Waals surface area contributed by atoms with Crippen LogP contribution in [0.3, 0.4) is 0 Å². The van der Waals surface area contributed by atoms with Crippen molar-refractivity contribution in [1.29, 1.82) is 0 Å². The molecule has 21 heavy (non-hydrogen) atoms. The zero-order chi connectivity index (χ0) is 15.6. The van der Waals surface area contributed by atoms with Gasteiger partial charge in [0.15, 0.2) is 0 Å². The van der Waals surface area contributed by atoms with E-state index >= 15 is 0 Å². The molecule has 0 radical (unpaired) electrons. The van der Waals surface area contributed by atoms with Crippen LogP contribution in [0.1, 0.15) is 51.6 Å². The molecule has 2 rings (SSSR count). The van der Waals surface area contributed by atoms with Gasteiger partial charge in [-0.15, -0.1) is 0 Å².